The highest BCUT2D eigenvalue weighted by atomic mass is 16.6. The van der Waals surface area contributed by atoms with E-state index in [0.29, 0.717) is 18.9 Å². The maximum Gasteiger partial charge on any atom is 0.306 e. The van der Waals surface area contributed by atoms with Crippen molar-refractivity contribution >= 4 is 5.97 Å². The minimum Gasteiger partial charge on any atom is -0.457 e. The predicted molar refractivity (Wildman–Crippen MR) is 111 cm³/mol. The molecule has 26 heavy (non-hydrogen) atoms. The molecule has 0 bridgehead atoms. The van der Waals surface area contributed by atoms with Gasteiger partial charge in [-0.15, -0.1) is 0 Å². The van der Waals surface area contributed by atoms with Crippen LogP contribution in [-0.2, 0) is 9.53 Å². The summed E-state index contributed by atoms with van der Waals surface area (Å²) in [5.74, 6) is 0.378. The summed E-state index contributed by atoms with van der Waals surface area (Å²) >= 11 is 0. The number of carbonyl (C=O) groups excluding carboxylic acids is 1. The molecule has 1 saturated carbocycles. The van der Waals surface area contributed by atoms with E-state index in [0.717, 1.165) is 19.3 Å². The van der Waals surface area contributed by atoms with Crippen molar-refractivity contribution in [3.8, 4) is 0 Å². The summed E-state index contributed by atoms with van der Waals surface area (Å²) in [4.78, 5) is 11.9. The van der Waals surface area contributed by atoms with Crippen LogP contribution in [0.25, 0.3) is 0 Å². The normalized spacial score (nSPS) is 22.0. The van der Waals surface area contributed by atoms with Crippen molar-refractivity contribution in [2.75, 3.05) is 6.54 Å². The lowest BCUT2D eigenvalue weighted by molar-refractivity contribution is -0.151. The molecule has 0 heterocycles. The van der Waals surface area contributed by atoms with Crippen molar-refractivity contribution in [3.63, 3.8) is 0 Å². The van der Waals surface area contributed by atoms with Crippen molar-refractivity contribution in [1.82, 2.24) is 0 Å². The van der Waals surface area contributed by atoms with Crippen LogP contribution in [0.4, 0.5) is 0 Å². The van der Waals surface area contributed by atoms with E-state index in [1.165, 1.54) is 70.6 Å². The molecular weight excluding hydrogens is 322 g/mol. The van der Waals surface area contributed by atoms with Crippen molar-refractivity contribution in [3.05, 3.63) is 12.2 Å². The number of unbranched alkanes of at least 4 members (excludes halogenated alkanes) is 11. The standard InChI is InChI=1S/C23H43NO2/c1-3-4-5-6-7-8-9-10-11-12-13-14-15-16-17-18-22(25)26-23(20-24)19-21(23)2/h10-11,21H,3-9,12-20,24H2,1-2H3. The van der Waals surface area contributed by atoms with Gasteiger partial charge in [-0.3, -0.25) is 4.79 Å². The van der Waals surface area contributed by atoms with Crippen LogP contribution in [0.3, 0.4) is 0 Å². The topological polar surface area (TPSA) is 52.3 Å². The lowest BCUT2D eigenvalue weighted by Gasteiger charge is -2.15. The second-order valence-electron chi connectivity index (χ2n) is 8.18. The first-order valence-electron chi connectivity index (χ1n) is 11.2. The SMILES string of the molecule is CCCCCCCCC=CCCCCCCCC(=O)OC1(CN)CC1C. The number of carbonyl (C=O) groups is 1. The second-order valence-corrected chi connectivity index (χ2v) is 8.18. The van der Waals surface area contributed by atoms with Gasteiger partial charge in [-0.2, -0.15) is 0 Å². The summed E-state index contributed by atoms with van der Waals surface area (Å²) in [6.07, 6.45) is 22.7. The Morgan fingerprint density at radius 1 is 0.962 bits per heavy atom. The summed E-state index contributed by atoms with van der Waals surface area (Å²) in [7, 11) is 0. The number of esters is 1. The van der Waals surface area contributed by atoms with E-state index in [2.05, 4.69) is 26.0 Å². The summed E-state index contributed by atoms with van der Waals surface area (Å²) in [6, 6.07) is 0. The Morgan fingerprint density at radius 3 is 1.96 bits per heavy atom. The van der Waals surface area contributed by atoms with Gasteiger partial charge in [0.05, 0.1) is 0 Å². The Labute approximate surface area is 162 Å². The van der Waals surface area contributed by atoms with E-state index in [1.807, 2.05) is 0 Å². The summed E-state index contributed by atoms with van der Waals surface area (Å²) in [5.41, 5.74) is 5.39. The fraction of sp³-hybridized carbons (Fsp3) is 0.870. The van der Waals surface area contributed by atoms with Crippen molar-refractivity contribution in [2.24, 2.45) is 11.7 Å². The number of rotatable bonds is 17. The molecule has 0 aromatic carbocycles. The zero-order valence-corrected chi connectivity index (χ0v) is 17.4. The lowest BCUT2D eigenvalue weighted by Crippen LogP contribution is -2.30. The number of allylic oxidation sites excluding steroid dienone is 2. The molecule has 2 atom stereocenters. The van der Waals surface area contributed by atoms with Crippen LogP contribution in [0.2, 0.25) is 0 Å². The van der Waals surface area contributed by atoms with Crippen LogP contribution in [0.1, 0.15) is 110 Å². The molecular formula is C23H43NO2. The van der Waals surface area contributed by atoms with Crippen LogP contribution in [0, 0.1) is 5.92 Å². The number of ether oxygens (including phenoxy) is 1. The van der Waals surface area contributed by atoms with Crippen LogP contribution >= 0.6 is 0 Å². The highest BCUT2D eigenvalue weighted by Crippen LogP contribution is 2.45. The molecule has 2 unspecified atom stereocenters. The lowest BCUT2D eigenvalue weighted by atomic mass is 10.1. The first-order valence-corrected chi connectivity index (χ1v) is 11.2. The van der Waals surface area contributed by atoms with Crippen LogP contribution in [0.15, 0.2) is 12.2 Å². The van der Waals surface area contributed by atoms with E-state index in [4.69, 9.17) is 10.5 Å². The molecule has 3 heteroatoms. The molecule has 1 rings (SSSR count). The van der Waals surface area contributed by atoms with E-state index in [-0.39, 0.29) is 11.6 Å². The summed E-state index contributed by atoms with van der Waals surface area (Å²) in [5, 5.41) is 0. The van der Waals surface area contributed by atoms with Gasteiger partial charge in [-0.05, 0) is 38.5 Å². The number of hydrogen-bond donors (Lipinski definition) is 1. The second kappa shape index (κ2) is 14.3. The van der Waals surface area contributed by atoms with Gasteiger partial charge in [-0.1, -0.05) is 77.4 Å². The molecule has 0 radical (unpaired) electrons. The Hall–Kier alpha value is -0.830. The molecule has 0 aromatic heterocycles. The molecule has 0 amide bonds. The molecule has 2 N–H and O–H groups in total. The fourth-order valence-electron chi connectivity index (χ4n) is 3.55. The quantitative estimate of drug-likeness (QED) is 0.187. The van der Waals surface area contributed by atoms with Gasteiger partial charge in [0.1, 0.15) is 5.60 Å². The average Bonchev–Trinajstić information content (AvgIpc) is 3.27. The van der Waals surface area contributed by atoms with Gasteiger partial charge in [0.2, 0.25) is 0 Å². The largest absolute Gasteiger partial charge is 0.457 e. The van der Waals surface area contributed by atoms with E-state index >= 15 is 0 Å². The molecule has 1 aliphatic rings. The molecule has 1 fully saturated rings. The molecule has 0 aromatic rings. The minimum absolute atomic E-state index is 0.0579. The minimum atomic E-state index is -0.321. The van der Waals surface area contributed by atoms with Gasteiger partial charge < -0.3 is 10.5 Å². The Morgan fingerprint density at radius 2 is 1.46 bits per heavy atom. The van der Waals surface area contributed by atoms with Crippen LogP contribution in [-0.4, -0.2) is 18.1 Å². The van der Waals surface area contributed by atoms with Crippen molar-refractivity contribution in [1.29, 1.82) is 0 Å². The monoisotopic (exact) mass is 365 g/mol. The third-order valence-corrected chi connectivity index (χ3v) is 5.70. The summed E-state index contributed by atoms with van der Waals surface area (Å²) in [6.45, 7) is 4.83. The van der Waals surface area contributed by atoms with Gasteiger partial charge in [0.25, 0.3) is 0 Å². The first-order chi connectivity index (χ1) is 12.6. The fourth-order valence-corrected chi connectivity index (χ4v) is 3.55. The van der Waals surface area contributed by atoms with E-state index < -0.39 is 0 Å². The molecule has 0 spiro atoms. The molecule has 3 nitrogen and oxygen atoms in total. The smallest absolute Gasteiger partial charge is 0.306 e. The van der Waals surface area contributed by atoms with Gasteiger partial charge >= 0.3 is 5.97 Å². The third kappa shape index (κ3) is 10.4. The predicted octanol–water partition coefficient (Wildman–Crippen LogP) is 6.30. The van der Waals surface area contributed by atoms with E-state index in [1.54, 1.807) is 0 Å². The third-order valence-electron chi connectivity index (χ3n) is 5.70. The highest BCUT2D eigenvalue weighted by Gasteiger charge is 2.53. The number of nitrogens with two attached hydrogens (primary N) is 1. The molecule has 1 aliphatic carbocycles. The Kier molecular flexibility index (Phi) is 12.7. The molecule has 0 saturated heterocycles. The summed E-state index contributed by atoms with van der Waals surface area (Å²) < 4.78 is 5.56. The van der Waals surface area contributed by atoms with Crippen molar-refractivity contribution < 1.29 is 9.53 Å². The first kappa shape index (κ1) is 23.2. The van der Waals surface area contributed by atoms with Gasteiger partial charge in [0, 0.05) is 18.9 Å². The zero-order chi connectivity index (χ0) is 19.1. The van der Waals surface area contributed by atoms with Crippen LogP contribution < -0.4 is 5.73 Å². The van der Waals surface area contributed by atoms with Crippen molar-refractivity contribution in [2.45, 2.75) is 116 Å². The average molecular weight is 366 g/mol. The molecule has 0 aliphatic heterocycles. The Balaban J connectivity index is 1.82. The van der Waals surface area contributed by atoms with Gasteiger partial charge in [-0.25, -0.2) is 0 Å². The van der Waals surface area contributed by atoms with Gasteiger partial charge in [0.15, 0.2) is 0 Å². The zero-order valence-electron chi connectivity index (χ0n) is 17.4. The Bertz CT molecular complexity index is 390. The van der Waals surface area contributed by atoms with E-state index in [9.17, 15) is 4.79 Å². The number of hydrogen-bond acceptors (Lipinski definition) is 3. The van der Waals surface area contributed by atoms with Crippen LogP contribution in [0.5, 0.6) is 0 Å². The highest BCUT2D eigenvalue weighted by molar-refractivity contribution is 5.70. The maximum atomic E-state index is 11.9. The molecule has 152 valence electrons. The maximum absolute atomic E-state index is 11.9.